The van der Waals surface area contributed by atoms with Crippen molar-refractivity contribution in [2.45, 2.75) is 32.6 Å². The van der Waals surface area contributed by atoms with Crippen LogP contribution < -0.4 is 15.1 Å². The van der Waals surface area contributed by atoms with Crippen molar-refractivity contribution in [1.29, 1.82) is 0 Å². The molecule has 3 aromatic carbocycles. The number of benzene rings is 3. The largest absolute Gasteiger partial charge is 0.458 e. The van der Waals surface area contributed by atoms with Gasteiger partial charge in [0.05, 0.1) is 5.56 Å². The average Bonchev–Trinajstić information content (AvgIpc) is 2.85. The fourth-order valence-electron chi connectivity index (χ4n) is 3.68. The van der Waals surface area contributed by atoms with E-state index in [1.807, 2.05) is 54.6 Å². The van der Waals surface area contributed by atoms with Crippen LogP contribution in [-0.2, 0) is 6.42 Å². The molecule has 0 N–H and O–H groups in total. The van der Waals surface area contributed by atoms with Gasteiger partial charge in [0.25, 0.3) is 0 Å². The molecule has 4 aromatic rings. The van der Waals surface area contributed by atoms with Crippen molar-refractivity contribution in [3.63, 3.8) is 0 Å². The molecule has 4 nitrogen and oxygen atoms in total. The van der Waals surface area contributed by atoms with Crippen molar-refractivity contribution >= 4 is 17.0 Å². The zero-order chi connectivity index (χ0) is 23.0. The van der Waals surface area contributed by atoms with Crippen LogP contribution >= 0.6 is 0 Å². The highest BCUT2D eigenvalue weighted by molar-refractivity contribution is 5.82. The van der Waals surface area contributed by atoms with E-state index < -0.39 is 0 Å². The van der Waals surface area contributed by atoms with Crippen molar-refractivity contribution in [3.8, 4) is 22.6 Å². The van der Waals surface area contributed by atoms with Gasteiger partial charge in [0.15, 0.2) is 0 Å². The summed E-state index contributed by atoms with van der Waals surface area (Å²) < 4.78 is 16.9. The summed E-state index contributed by atoms with van der Waals surface area (Å²) in [6.45, 7) is 5.99. The lowest BCUT2D eigenvalue weighted by molar-refractivity contribution is 0.120. The van der Waals surface area contributed by atoms with E-state index in [0.29, 0.717) is 22.6 Å². The van der Waals surface area contributed by atoms with Gasteiger partial charge < -0.3 is 13.9 Å². The van der Waals surface area contributed by atoms with Gasteiger partial charge >= 0.3 is 5.63 Å². The van der Waals surface area contributed by atoms with Gasteiger partial charge in [-0.1, -0.05) is 68.8 Å². The molecule has 0 saturated carbocycles. The summed E-state index contributed by atoms with van der Waals surface area (Å²) in [6, 6.07) is 23.0. The molecule has 0 fully saturated rings. The Balaban J connectivity index is 1.44. The first-order valence-corrected chi connectivity index (χ1v) is 11.3. The lowest BCUT2D eigenvalue weighted by atomic mass is 10.0. The minimum Gasteiger partial charge on any atom is -0.458 e. The Bertz CT molecular complexity index is 1270. The fourth-order valence-corrected chi connectivity index (χ4v) is 3.68. The fraction of sp³-hybridized carbons (Fsp3) is 0.207. The summed E-state index contributed by atoms with van der Waals surface area (Å²) in [5.41, 5.74) is 3.85. The van der Waals surface area contributed by atoms with Crippen LogP contribution in [0, 0.1) is 0 Å². The Morgan fingerprint density at radius 2 is 1.61 bits per heavy atom. The van der Waals surface area contributed by atoms with E-state index in [1.165, 1.54) is 24.8 Å². The molecule has 0 aliphatic heterocycles. The first kappa shape index (κ1) is 22.4. The monoisotopic (exact) mass is 440 g/mol. The topological polar surface area (TPSA) is 48.7 Å². The predicted octanol–water partition coefficient (Wildman–Crippen LogP) is 7.25. The quantitative estimate of drug-likeness (QED) is 0.148. The zero-order valence-corrected chi connectivity index (χ0v) is 18.9. The van der Waals surface area contributed by atoms with Gasteiger partial charge in [-0.3, -0.25) is 0 Å². The van der Waals surface area contributed by atoms with Crippen LogP contribution in [0.2, 0.25) is 0 Å². The van der Waals surface area contributed by atoms with Gasteiger partial charge in [-0.05, 0) is 59.9 Å². The molecule has 0 aliphatic rings. The maximum absolute atomic E-state index is 12.7. The molecule has 0 radical (unpaired) electrons. The van der Waals surface area contributed by atoms with Gasteiger partial charge in [0.1, 0.15) is 17.1 Å². The van der Waals surface area contributed by atoms with Crippen molar-refractivity contribution < 1.29 is 13.9 Å². The van der Waals surface area contributed by atoms with Gasteiger partial charge in [0, 0.05) is 11.5 Å². The Morgan fingerprint density at radius 1 is 0.879 bits per heavy atom. The van der Waals surface area contributed by atoms with Crippen LogP contribution in [0.25, 0.3) is 28.2 Å². The third-order valence-electron chi connectivity index (χ3n) is 5.61. The summed E-state index contributed by atoms with van der Waals surface area (Å²) in [4.78, 5) is 12.7. The van der Waals surface area contributed by atoms with E-state index in [-0.39, 0.29) is 12.4 Å². The summed E-state index contributed by atoms with van der Waals surface area (Å²) in [7, 11) is 0. The highest BCUT2D eigenvalue weighted by Crippen LogP contribution is 2.25. The molecule has 4 rings (SSSR count). The smallest absolute Gasteiger partial charge is 0.344 e. The van der Waals surface area contributed by atoms with Crippen LogP contribution in [0.5, 0.6) is 11.5 Å². The second-order valence-corrected chi connectivity index (χ2v) is 7.98. The average molecular weight is 441 g/mol. The highest BCUT2D eigenvalue weighted by atomic mass is 16.7. The van der Waals surface area contributed by atoms with Crippen LogP contribution in [0.4, 0.5) is 0 Å². The first-order valence-electron chi connectivity index (χ1n) is 11.3. The predicted molar refractivity (Wildman–Crippen MR) is 134 cm³/mol. The van der Waals surface area contributed by atoms with Crippen LogP contribution in [0.15, 0.2) is 88.6 Å². The molecule has 0 amide bonds. The number of hydrogen-bond acceptors (Lipinski definition) is 4. The van der Waals surface area contributed by atoms with Crippen molar-refractivity contribution in [2.75, 3.05) is 6.79 Å². The summed E-state index contributed by atoms with van der Waals surface area (Å²) in [6.07, 6.45) is 6.47. The molecular formula is C29H28O4. The Hall–Kier alpha value is -3.79. The molecule has 0 bridgehead atoms. The van der Waals surface area contributed by atoms with E-state index in [4.69, 9.17) is 13.9 Å². The summed E-state index contributed by atoms with van der Waals surface area (Å²) in [5, 5.41) is 0.838. The maximum atomic E-state index is 12.7. The lowest BCUT2D eigenvalue weighted by Crippen LogP contribution is -2.06. The normalized spacial score (nSPS) is 10.8. The summed E-state index contributed by atoms with van der Waals surface area (Å²) >= 11 is 0. The number of hydrogen-bond donors (Lipinski definition) is 0. The molecule has 4 heteroatoms. The number of aryl methyl sites for hydroxylation is 1. The Morgan fingerprint density at radius 3 is 2.33 bits per heavy atom. The summed E-state index contributed by atoms with van der Waals surface area (Å²) in [5.74, 6) is 1.27. The van der Waals surface area contributed by atoms with Crippen LogP contribution in [0.1, 0.15) is 37.3 Å². The molecule has 168 valence electrons. The molecule has 0 atom stereocenters. The highest BCUT2D eigenvalue weighted by Gasteiger charge is 2.09. The molecule has 0 spiro atoms. The maximum Gasteiger partial charge on any atom is 0.344 e. The minimum absolute atomic E-state index is 0.0475. The lowest BCUT2D eigenvalue weighted by Gasteiger charge is -2.09. The molecule has 0 unspecified atom stereocenters. The number of fused-ring (bicyclic) bond motifs is 1. The first-order chi connectivity index (χ1) is 16.2. The van der Waals surface area contributed by atoms with E-state index in [1.54, 1.807) is 12.1 Å². The Kier molecular flexibility index (Phi) is 7.26. The van der Waals surface area contributed by atoms with Crippen molar-refractivity contribution in [3.05, 3.63) is 101 Å². The second kappa shape index (κ2) is 10.7. The molecule has 33 heavy (non-hydrogen) atoms. The van der Waals surface area contributed by atoms with Gasteiger partial charge in [0.2, 0.25) is 6.79 Å². The van der Waals surface area contributed by atoms with Crippen molar-refractivity contribution in [2.24, 2.45) is 0 Å². The second-order valence-electron chi connectivity index (χ2n) is 7.98. The Labute approximate surface area is 194 Å². The molecule has 1 heterocycles. The minimum atomic E-state index is -0.364. The van der Waals surface area contributed by atoms with Crippen molar-refractivity contribution in [1.82, 2.24) is 0 Å². The third-order valence-corrected chi connectivity index (χ3v) is 5.61. The molecule has 0 saturated heterocycles. The standard InChI is InChI=1S/C29H28O4/c1-3-5-6-7-22-8-12-23(13-9-22)27-18-24-14-17-26(19-28(24)33-29(27)30)32-20-31-25-15-10-21(4-2)11-16-25/h4,8-19H,2-3,5-7,20H2,1H3. The number of unbranched alkanes of at least 4 members (excludes halogenated alkanes) is 2. The van der Waals surface area contributed by atoms with Gasteiger partial charge in [-0.25, -0.2) is 4.79 Å². The number of rotatable bonds is 10. The SMILES string of the molecule is C=Cc1ccc(OCOc2ccc3cc(-c4ccc(CCCCC)cc4)c(=O)oc3c2)cc1. The van der Waals surface area contributed by atoms with E-state index in [9.17, 15) is 4.79 Å². The zero-order valence-electron chi connectivity index (χ0n) is 18.9. The van der Waals surface area contributed by atoms with E-state index in [2.05, 4.69) is 25.6 Å². The third kappa shape index (κ3) is 5.72. The van der Waals surface area contributed by atoms with Gasteiger partial charge in [-0.2, -0.15) is 0 Å². The molecular weight excluding hydrogens is 412 g/mol. The molecule has 0 aliphatic carbocycles. The van der Waals surface area contributed by atoms with Gasteiger partial charge in [-0.15, -0.1) is 0 Å². The van der Waals surface area contributed by atoms with E-state index in [0.717, 1.165) is 22.9 Å². The number of ether oxygens (including phenoxy) is 2. The van der Waals surface area contributed by atoms with Crippen LogP contribution in [0.3, 0.4) is 0 Å². The van der Waals surface area contributed by atoms with E-state index >= 15 is 0 Å². The van der Waals surface area contributed by atoms with Crippen LogP contribution in [-0.4, -0.2) is 6.79 Å². The molecule has 1 aromatic heterocycles.